The standard InChI is InChI=1S/C14H19N3O2S/c1-10(15)12-7-4-5-9-17(12)14-11-6-2-3-8-13(11)20(18,19)16-14/h2-3,6,8,10,12H,4-5,7,9,15H2,1H3. The van der Waals surface area contributed by atoms with Gasteiger partial charge in [-0.25, -0.2) is 0 Å². The summed E-state index contributed by atoms with van der Waals surface area (Å²) >= 11 is 0. The van der Waals surface area contributed by atoms with Gasteiger partial charge < -0.3 is 10.6 Å². The summed E-state index contributed by atoms with van der Waals surface area (Å²) in [5.41, 5.74) is 6.77. The molecule has 1 aromatic carbocycles. The molecule has 0 aromatic heterocycles. The minimum atomic E-state index is -3.55. The maximum absolute atomic E-state index is 12.1. The zero-order valence-corrected chi connectivity index (χ0v) is 12.3. The summed E-state index contributed by atoms with van der Waals surface area (Å²) in [6, 6.07) is 7.17. The molecule has 2 atom stereocenters. The third-order valence-electron chi connectivity index (χ3n) is 4.04. The first kappa shape index (κ1) is 13.6. The number of hydrogen-bond donors (Lipinski definition) is 1. The average Bonchev–Trinajstić information content (AvgIpc) is 2.71. The minimum Gasteiger partial charge on any atom is -0.351 e. The van der Waals surface area contributed by atoms with E-state index < -0.39 is 10.0 Å². The van der Waals surface area contributed by atoms with Gasteiger partial charge in [0.15, 0.2) is 5.84 Å². The quantitative estimate of drug-likeness (QED) is 0.847. The first-order valence-electron chi connectivity index (χ1n) is 6.97. The van der Waals surface area contributed by atoms with Crippen LogP contribution in [0.4, 0.5) is 0 Å². The fourth-order valence-corrected chi connectivity index (χ4v) is 4.28. The fraction of sp³-hybridized carbons (Fsp3) is 0.500. The Morgan fingerprint density at radius 1 is 1.35 bits per heavy atom. The van der Waals surface area contributed by atoms with Crippen molar-refractivity contribution in [3.8, 4) is 0 Å². The predicted molar refractivity (Wildman–Crippen MR) is 78.2 cm³/mol. The molecule has 20 heavy (non-hydrogen) atoms. The molecule has 3 rings (SSSR count). The first-order chi connectivity index (χ1) is 9.50. The third kappa shape index (κ3) is 2.13. The van der Waals surface area contributed by atoms with Gasteiger partial charge in [0.05, 0.1) is 0 Å². The van der Waals surface area contributed by atoms with Crippen LogP contribution in [0, 0.1) is 0 Å². The van der Waals surface area contributed by atoms with E-state index in [1.54, 1.807) is 12.1 Å². The molecule has 108 valence electrons. The van der Waals surface area contributed by atoms with Gasteiger partial charge in [-0.3, -0.25) is 0 Å². The summed E-state index contributed by atoms with van der Waals surface area (Å²) in [5.74, 6) is 0.572. The Kier molecular flexibility index (Phi) is 3.30. The summed E-state index contributed by atoms with van der Waals surface area (Å²) in [7, 11) is -3.55. The summed E-state index contributed by atoms with van der Waals surface area (Å²) in [4.78, 5) is 2.39. The number of hydrogen-bond acceptors (Lipinski definition) is 4. The lowest BCUT2D eigenvalue weighted by Gasteiger charge is -2.39. The normalized spacial score (nSPS) is 26.0. The predicted octanol–water partition coefficient (Wildman–Crippen LogP) is 1.34. The van der Waals surface area contributed by atoms with Gasteiger partial charge in [0, 0.05) is 24.2 Å². The summed E-state index contributed by atoms with van der Waals surface area (Å²) in [6.07, 6.45) is 3.16. The Labute approximate surface area is 119 Å². The van der Waals surface area contributed by atoms with Crippen molar-refractivity contribution in [2.75, 3.05) is 6.54 Å². The molecule has 0 saturated carbocycles. The van der Waals surface area contributed by atoms with Gasteiger partial charge in [-0.2, -0.15) is 8.42 Å². The zero-order chi connectivity index (χ0) is 14.3. The van der Waals surface area contributed by atoms with Crippen LogP contribution in [0.15, 0.2) is 33.6 Å². The van der Waals surface area contributed by atoms with Gasteiger partial charge in [-0.05, 0) is 38.3 Å². The zero-order valence-electron chi connectivity index (χ0n) is 11.5. The summed E-state index contributed by atoms with van der Waals surface area (Å²) in [5, 5.41) is 0. The highest BCUT2D eigenvalue weighted by atomic mass is 32.2. The topological polar surface area (TPSA) is 75.8 Å². The minimum absolute atomic E-state index is 0.00605. The highest BCUT2D eigenvalue weighted by molar-refractivity contribution is 7.90. The van der Waals surface area contributed by atoms with Gasteiger partial charge in [0.2, 0.25) is 0 Å². The Bertz CT molecular complexity index is 652. The molecule has 0 aliphatic carbocycles. The Hall–Kier alpha value is -1.40. The van der Waals surface area contributed by atoms with Crippen molar-refractivity contribution in [3.63, 3.8) is 0 Å². The van der Waals surface area contributed by atoms with Crippen molar-refractivity contribution >= 4 is 15.9 Å². The van der Waals surface area contributed by atoms with Crippen LogP contribution in [-0.2, 0) is 10.0 Å². The molecule has 0 amide bonds. The number of nitrogens with two attached hydrogens (primary N) is 1. The maximum atomic E-state index is 12.1. The van der Waals surface area contributed by atoms with E-state index in [1.807, 2.05) is 19.1 Å². The van der Waals surface area contributed by atoms with Gasteiger partial charge in [-0.15, -0.1) is 4.40 Å². The number of piperidine rings is 1. The second-order valence-electron chi connectivity index (χ2n) is 5.50. The van der Waals surface area contributed by atoms with Crippen LogP contribution >= 0.6 is 0 Å². The number of rotatable bonds is 1. The van der Waals surface area contributed by atoms with Crippen LogP contribution in [0.5, 0.6) is 0 Å². The van der Waals surface area contributed by atoms with Gasteiger partial charge in [0.1, 0.15) is 4.90 Å². The molecular formula is C14H19N3O2S. The first-order valence-corrected chi connectivity index (χ1v) is 8.41. The lowest BCUT2D eigenvalue weighted by atomic mass is 9.96. The van der Waals surface area contributed by atoms with E-state index in [2.05, 4.69) is 9.30 Å². The molecule has 1 saturated heterocycles. The lowest BCUT2D eigenvalue weighted by Crippen LogP contribution is -2.51. The van der Waals surface area contributed by atoms with Crippen LogP contribution in [0.3, 0.4) is 0 Å². The van der Waals surface area contributed by atoms with Crippen molar-refractivity contribution < 1.29 is 8.42 Å². The largest absolute Gasteiger partial charge is 0.351 e. The molecule has 1 aromatic rings. The molecule has 1 fully saturated rings. The number of sulfonamides is 1. The van der Waals surface area contributed by atoms with Crippen LogP contribution in [0.25, 0.3) is 0 Å². The molecule has 2 heterocycles. The second-order valence-corrected chi connectivity index (χ2v) is 7.07. The van der Waals surface area contributed by atoms with E-state index in [-0.39, 0.29) is 12.1 Å². The number of nitrogens with zero attached hydrogens (tertiary/aromatic N) is 2. The third-order valence-corrected chi connectivity index (χ3v) is 5.37. The number of amidine groups is 1. The summed E-state index contributed by atoms with van der Waals surface area (Å²) < 4.78 is 28.3. The van der Waals surface area contributed by atoms with E-state index in [9.17, 15) is 8.42 Å². The highest BCUT2D eigenvalue weighted by Crippen LogP contribution is 2.31. The SMILES string of the molecule is CC(N)C1CCCCN1C1=NS(=O)(=O)c2ccccc21. The van der Waals surface area contributed by atoms with Crippen LogP contribution in [-0.4, -0.2) is 37.8 Å². The number of fused-ring (bicyclic) bond motifs is 1. The molecule has 2 aliphatic rings. The summed E-state index contributed by atoms with van der Waals surface area (Å²) in [6.45, 7) is 2.79. The molecular weight excluding hydrogens is 274 g/mol. The van der Waals surface area contributed by atoms with E-state index in [0.717, 1.165) is 25.8 Å². The van der Waals surface area contributed by atoms with Crippen molar-refractivity contribution in [2.45, 2.75) is 43.2 Å². The van der Waals surface area contributed by atoms with Crippen LogP contribution in [0.2, 0.25) is 0 Å². The number of likely N-dealkylation sites (tertiary alicyclic amines) is 1. The number of benzene rings is 1. The highest BCUT2D eigenvalue weighted by Gasteiger charge is 2.36. The Balaban J connectivity index is 2.06. The van der Waals surface area contributed by atoms with Crippen molar-refractivity contribution in [3.05, 3.63) is 29.8 Å². The molecule has 0 bridgehead atoms. The molecule has 2 aliphatic heterocycles. The van der Waals surface area contributed by atoms with E-state index in [4.69, 9.17) is 5.73 Å². The molecule has 5 nitrogen and oxygen atoms in total. The smallest absolute Gasteiger partial charge is 0.285 e. The van der Waals surface area contributed by atoms with Crippen molar-refractivity contribution in [1.82, 2.24) is 4.90 Å². The van der Waals surface area contributed by atoms with Gasteiger partial charge in [-0.1, -0.05) is 12.1 Å². The van der Waals surface area contributed by atoms with Crippen molar-refractivity contribution in [2.24, 2.45) is 10.1 Å². The molecule has 2 N–H and O–H groups in total. The molecule has 6 heteroatoms. The Morgan fingerprint density at radius 2 is 2.10 bits per heavy atom. The Morgan fingerprint density at radius 3 is 2.85 bits per heavy atom. The lowest BCUT2D eigenvalue weighted by molar-refractivity contribution is 0.217. The maximum Gasteiger partial charge on any atom is 0.285 e. The molecule has 0 spiro atoms. The van der Waals surface area contributed by atoms with Crippen molar-refractivity contribution in [1.29, 1.82) is 0 Å². The average molecular weight is 293 g/mol. The van der Waals surface area contributed by atoms with Gasteiger partial charge >= 0.3 is 0 Å². The fourth-order valence-electron chi connectivity index (χ4n) is 3.06. The van der Waals surface area contributed by atoms with Crippen LogP contribution in [0.1, 0.15) is 31.7 Å². The van der Waals surface area contributed by atoms with E-state index in [0.29, 0.717) is 16.3 Å². The van der Waals surface area contributed by atoms with E-state index in [1.165, 1.54) is 0 Å². The molecule has 0 radical (unpaired) electrons. The second kappa shape index (κ2) is 4.86. The molecule has 2 unspecified atom stereocenters. The van der Waals surface area contributed by atoms with E-state index >= 15 is 0 Å². The monoisotopic (exact) mass is 293 g/mol. The van der Waals surface area contributed by atoms with Crippen LogP contribution < -0.4 is 5.73 Å². The van der Waals surface area contributed by atoms with Gasteiger partial charge in [0.25, 0.3) is 10.0 Å².